The fourth-order valence-corrected chi connectivity index (χ4v) is 0.750. The van der Waals surface area contributed by atoms with Gasteiger partial charge in [-0.15, -0.1) is 0 Å². The maximum absolute atomic E-state index is 4.98. The highest BCUT2D eigenvalue weighted by Gasteiger charge is 2.22. The van der Waals surface area contributed by atoms with Crippen LogP contribution in [0.4, 0.5) is 0 Å². The second-order valence-electron chi connectivity index (χ2n) is 2.17. The van der Waals surface area contributed by atoms with E-state index in [1.807, 2.05) is 0 Å². The molecule has 1 heterocycles. The fourth-order valence-electron chi connectivity index (χ4n) is 0.750. The zero-order valence-corrected chi connectivity index (χ0v) is 6.08. The van der Waals surface area contributed by atoms with Crippen molar-refractivity contribution in [1.82, 2.24) is 0 Å². The highest BCUT2D eigenvalue weighted by molar-refractivity contribution is 6.61. The van der Waals surface area contributed by atoms with Crippen LogP contribution < -0.4 is 0 Å². The Morgan fingerprint density at radius 2 is 2.00 bits per heavy atom. The Morgan fingerprint density at radius 3 is 2.60 bits per heavy atom. The van der Waals surface area contributed by atoms with E-state index in [2.05, 4.69) is 11.5 Å². The molecule has 0 bridgehead atoms. The molecule has 1 saturated heterocycles. The predicted octanol–water partition coefficient (Wildman–Crippen LogP) is 0.406. The largest absolute Gasteiger partial charge is 0.458 e. The summed E-state index contributed by atoms with van der Waals surface area (Å²) in [5, 5.41) is 0. The van der Waals surface area contributed by atoms with Crippen LogP contribution in [0.1, 0.15) is 19.8 Å². The number of hydrogen-bond donors (Lipinski definition) is 0. The van der Waals surface area contributed by atoms with E-state index >= 15 is 0 Å². The first kappa shape index (κ1) is 8.17. The maximum atomic E-state index is 4.98. The molecule has 1 aliphatic rings. The molecule has 0 unspecified atom stereocenters. The molecule has 1 aliphatic heterocycles. The highest BCUT2D eigenvalue weighted by Crippen LogP contribution is 2.05. The van der Waals surface area contributed by atoms with E-state index in [-0.39, 0.29) is 7.12 Å². The van der Waals surface area contributed by atoms with Crippen LogP contribution in [0.25, 0.3) is 0 Å². The van der Waals surface area contributed by atoms with E-state index in [1.54, 1.807) is 0 Å². The molecule has 0 aromatic carbocycles. The lowest BCUT2D eigenvalue weighted by atomic mass is 9.78. The predicted molar refractivity (Wildman–Crippen MR) is 40.2 cm³/mol. The van der Waals surface area contributed by atoms with Crippen molar-refractivity contribution in [3.63, 3.8) is 0 Å². The van der Waals surface area contributed by atoms with Crippen molar-refractivity contribution in [2.45, 2.75) is 26.1 Å². The standard InChI is InChI=1S/C4H9B3O3/c1-2-3-4-7-9-5-8-6-10-7/h2-4H2,1H3. The molecule has 0 atom stereocenters. The maximum Gasteiger partial charge on any atom is 0.458 e. The Hall–Kier alpha value is 0.0748. The number of unbranched alkanes of at least 4 members (excludes halogenated alkanes) is 1. The van der Waals surface area contributed by atoms with Gasteiger partial charge in [-0.25, -0.2) is 0 Å². The monoisotopic (exact) mass is 138 g/mol. The van der Waals surface area contributed by atoms with Crippen molar-refractivity contribution in [3.8, 4) is 0 Å². The van der Waals surface area contributed by atoms with Gasteiger partial charge in [-0.2, -0.15) is 0 Å². The third-order valence-electron chi connectivity index (χ3n) is 1.32. The third-order valence-corrected chi connectivity index (χ3v) is 1.32. The number of hydrogen-bond acceptors (Lipinski definition) is 3. The van der Waals surface area contributed by atoms with E-state index in [4.69, 9.17) is 9.14 Å². The van der Waals surface area contributed by atoms with Crippen molar-refractivity contribution in [3.05, 3.63) is 0 Å². The van der Waals surface area contributed by atoms with E-state index in [0.717, 1.165) is 19.2 Å². The van der Waals surface area contributed by atoms with Gasteiger partial charge in [0.15, 0.2) is 0 Å². The van der Waals surface area contributed by atoms with Crippen LogP contribution in [-0.4, -0.2) is 22.5 Å². The minimum atomic E-state index is -0.131. The van der Waals surface area contributed by atoms with Crippen molar-refractivity contribution in [2.75, 3.05) is 0 Å². The first-order chi connectivity index (χ1) is 4.93. The summed E-state index contributed by atoms with van der Waals surface area (Å²) in [6.07, 6.45) is 3.20. The second-order valence-corrected chi connectivity index (χ2v) is 2.17. The van der Waals surface area contributed by atoms with Crippen LogP contribution in [0.3, 0.4) is 0 Å². The van der Waals surface area contributed by atoms with E-state index in [0.29, 0.717) is 0 Å². The van der Waals surface area contributed by atoms with Gasteiger partial charge in [0.05, 0.1) is 0 Å². The van der Waals surface area contributed by atoms with Gasteiger partial charge in [0.2, 0.25) is 0 Å². The van der Waals surface area contributed by atoms with Crippen LogP contribution in [0.15, 0.2) is 0 Å². The first-order valence-corrected chi connectivity index (χ1v) is 3.53. The van der Waals surface area contributed by atoms with Crippen LogP contribution in [-0.2, 0) is 13.7 Å². The summed E-state index contributed by atoms with van der Waals surface area (Å²) in [7, 11) is 2.46. The quantitative estimate of drug-likeness (QED) is 0.528. The van der Waals surface area contributed by atoms with Crippen LogP contribution >= 0.6 is 0 Å². The smallest absolute Gasteiger partial charge is 0.457 e. The molecule has 1 rings (SSSR count). The van der Waals surface area contributed by atoms with Gasteiger partial charge in [-0.3, -0.25) is 0 Å². The van der Waals surface area contributed by atoms with E-state index < -0.39 is 0 Å². The summed E-state index contributed by atoms with van der Waals surface area (Å²) in [5.41, 5.74) is 0. The van der Waals surface area contributed by atoms with Crippen molar-refractivity contribution in [2.24, 2.45) is 0 Å². The summed E-state index contributed by atoms with van der Waals surface area (Å²) in [5.74, 6) is 0. The van der Waals surface area contributed by atoms with Crippen molar-refractivity contribution < 1.29 is 13.7 Å². The lowest BCUT2D eigenvalue weighted by Crippen LogP contribution is -2.34. The molecule has 52 valence electrons. The summed E-state index contributed by atoms with van der Waals surface area (Å²) < 4.78 is 14.5. The molecule has 3 nitrogen and oxygen atoms in total. The average molecular weight is 138 g/mol. The molecule has 1 fully saturated rings. The molecule has 0 aliphatic carbocycles. The normalized spacial score (nSPS) is 17.9. The Bertz CT molecular complexity index is 85.8. The molecular weight excluding hydrogens is 128 g/mol. The Morgan fingerprint density at radius 1 is 1.30 bits per heavy atom. The lowest BCUT2D eigenvalue weighted by molar-refractivity contribution is 0.321. The van der Waals surface area contributed by atoms with Crippen molar-refractivity contribution in [1.29, 1.82) is 0 Å². The summed E-state index contributed by atoms with van der Waals surface area (Å²) in [6, 6.07) is 0. The minimum absolute atomic E-state index is 0.131. The van der Waals surface area contributed by atoms with Crippen LogP contribution in [0.5, 0.6) is 0 Å². The Balaban J connectivity index is 2.02. The van der Waals surface area contributed by atoms with Gasteiger partial charge in [0.1, 0.15) is 0 Å². The summed E-state index contributed by atoms with van der Waals surface area (Å²) >= 11 is 0. The molecule has 0 spiro atoms. The zero-order valence-electron chi connectivity index (χ0n) is 6.08. The molecular formula is C4H9B3O3. The molecule has 2 radical (unpaired) electrons. The van der Waals surface area contributed by atoms with Crippen LogP contribution in [0, 0.1) is 0 Å². The molecule has 10 heavy (non-hydrogen) atoms. The molecule has 6 heteroatoms. The molecule has 0 N–H and O–H groups in total. The van der Waals surface area contributed by atoms with Gasteiger partial charge in [-0.1, -0.05) is 19.8 Å². The summed E-state index contributed by atoms with van der Waals surface area (Å²) in [4.78, 5) is 0. The minimum Gasteiger partial charge on any atom is -0.457 e. The van der Waals surface area contributed by atoms with Crippen LogP contribution in [0.2, 0.25) is 6.32 Å². The zero-order chi connectivity index (χ0) is 7.23. The van der Waals surface area contributed by atoms with Crippen molar-refractivity contribution >= 4 is 22.5 Å². The topological polar surface area (TPSA) is 27.7 Å². The first-order valence-electron chi connectivity index (χ1n) is 3.53. The van der Waals surface area contributed by atoms with E-state index in [9.17, 15) is 0 Å². The molecule has 0 amide bonds. The fraction of sp³-hybridized carbons (Fsp3) is 1.00. The third kappa shape index (κ3) is 2.77. The lowest BCUT2D eigenvalue weighted by Gasteiger charge is -2.17. The molecule has 0 aromatic rings. The SMILES string of the molecule is CCCCB1O[B]O[B]O1. The Labute approximate surface area is 63.2 Å². The van der Waals surface area contributed by atoms with Gasteiger partial charge in [0.25, 0.3) is 0 Å². The van der Waals surface area contributed by atoms with Gasteiger partial charge < -0.3 is 13.7 Å². The summed E-state index contributed by atoms with van der Waals surface area (Å²) in [6.45, 7) is 2.13. The molecule has 0 saturated carbocycles. The Kier molecular flexibility index (Phi) is 3.94. The molecule has 0 aromatic heterocycles. The van der Waals surface area contributed by atoms with Gasteiger partial charge in [0, 0.05) is 0 Å². The van der Waals surface area contributed by atoms with E-state index in [1.165, 1.54) is 15.4 Å². The van der Waals surface area contributed by atoms with Gasteiger partial charge >= 0.3 is 22.5 Å². The highest BCUT2D eigenvalue weighted by atomic mass is 16.7. The van der Waals surface area contributed by atoms with Gasteiger partial charge in [-0.05, 0) is 6.32 Å². The average Bonchev–Trinajstić information content (AvgIpc) is 2.03. The second kappa shape index (κ2) is 4.82. The number of rotatable bonds is 3.